The standard InChI is InChI=1S/C23H23N5S/c1-15-11-17(24)14-28(13-15)22-7-8-25-20-6-5-16(12-18(20)22)19-3-2-4-21(27-19)23-26-9-10-29-23/h2-10,12,15,17H,11,13-14,24H2,1H3/t15-,17+/m1/s1. The highest BCUT2D eigenvalue weighted by molar-refractivity contribution is 7.13. The summed E-state index contributed by atoms with van der Waals surface area (Å²) in [4.78, 5) is 16.2. The van der Waals surface area contributed by atoms with Gasteiger partial charge in [0.25, 0.3) is 0 Å². The second-order valence-electron chi connectivity index (χ2n) is 7.81. The Bertz CT molecular complexity index is 1130. The summed E-state index contributed by atoms with van der Waals surface area (Å²) in [5, 5.41) is 4.06. The van der Waals surface area contributed by atoms with Crippen LogP contribution in [-0.2, 0) is 0 Å². The third kappa shape index (κ3) is 3.61. The average Bonchev–Trinajstić information content (AvgIpc) is 3.27. The largest absolute Gasteiger partial charge is 0.369 e. The molecule has 0 unspecified atom stereocenters. The summed E-state index contributed by atoms with van der Waals surface area (Å²) in [6.45, 7) is 4.18. The van der Waals surface area contributed by atoms with Gasteiger partial charge in [-0.25, -0.2) is 9.97 Å². The molecule has 5 nitrogen and oxygen atoms in total. The maximum atomic E-state index is 6.31. The van der Waals surface area contributed by atoms with Crippen LogP contribution in [0.1, 0.15) is 13.3 Å². The van der Waals surface area contributed by atoms with E-state index in [2.05, 4.69) is 46.1 Å². The van der Waals surface area contributed by atoms with Crippen LogP contribution in [0.5, 0.6) is 0 Å². The van der Waals surface area contributed by atoms with E-state index in [1.54, 1.807) is 11.3 Å². The van der Waals surface area contributed by atoms with Crippen molar-refractivity contribution in [2.75, 3.05) is 18.0 Å². The van der Waals surface area contributed by atoms with E-state index in [-0.39, 0.29) is 6.04 Å². The van der Waals surface area contributed by atoms with E-state index in [1.165, 1.54) is 5.69 Å². The first-order valence-corrected chi connectivity index (χ1v) is 10.8. The van der Waals surface area contributed by atoms with E-state index >= 15 is 0 Å². The van der Waals surface area contributed by atoms with Gasteiger partial charge in [0.05, 0.1) is 16.9 Å². The van der Waals surface area contributed by atoms with Gasteiger partial charge in [0, 0.05) is 53.5 Å². The predicted molar refractivity (Wildman–Crippen MR) is 120 cm³/mol. The molecular formula is C23H23N5S. The maximum Gasteiger partial charge on any atom is 0.141 e. The van der Waals surface area contributed by atoms with Crippen molar-refractivity contribution in [3.8, 4) is 22.0 Å². The molecule has 0 aliphatic carbocycles. The zero-order valence-corrected chi connectivity index (χ0v) is 17.1. The molecule has 2 N–H and O–H groups in total. The molecule has 0 radical (unpaired) electrons. The number of pyridine rings is 2. The molecule has 1 fully saturated rings. The Kier molecular flexibility index (Phi) is 4.73. The summed E-state index contributed by atoms with van der Waals surface area (Å²) in [7, 11) is 0. The Morgan fingerprint density at radius 1 is 1.03 bits per heavy atom. The minimum absolute atomic E-state index is 0.210. The van der Waals surface area contributed by atoms with Gasteiger partial charge >= 0.3 is 0 Å². The summed E-state index contributed by atoms with van der Waals surface area (Å²) in [6.07, 6.45) is 4.79. The fraction of sp³-hybridized carbons (Fsp3) is 0.261. The van der Waals surface area contributed by atoms with E-state index in [1.807, 2.05) is 36.0 Å². The smallest absolute Gasteiger partial charge is 0.141 e. The van der Waals surface area contributed by atoms with Crippen LogP contribution in [0.25, 0.3) is 32.9 Å². The quantitative estimate of drug-likeness (QED) is 0.544. The first-order chi connectivity index (χ1) is 14.2. The molecule has 29 heavy (non-hydrogen) atoms. The molecular weight excluding hydrogens is 378 g/mol. The van der Waals surface area contributed by atoms with Crippen LogP contribution in [0, 0.1) is 5.92 Å². The number of hydrogen-bond donors (Lipinski definition) is 1. The zero-order valence-electron chi connectivity index (χ0n) is 16.3. The van der Waals surface area contributed by atoms with Gasteiger partial charge in [0.2, 0.25) is 0 Å². The number of thiazole rings is 1. The van der Waals surface area contributed by atoms with Gasteiger partial charge < -0.3 is 10.6 Å². The van der Waals surface area contributed by atoms with Gasteiger partial charge in [0.1, 0.15) is 5.01 Å². The van der Waals surface area contributed by atoms with Crippen molar-refractivity contribution in [2.24, 2.45) is 11.7 Å². The number of nitrogens with two attached hydrogens (primary N) is 1. The molecule has 1 aliphatic rings. The van der Waals surface area contributed by atoms with E-state index < -0.39 is 0 Å². The molecule has 4 aromatic rings. The van der Waals surface area contributed by atoms with Gasteiger partial charge in [-0.05, 0) is 42.7 Å². The Morgan fingerprint density at radius 2 is 1.93 bits per heavy atom. The molecule has 5 rings (SSSR count). The molecule has 6 heteroatoms. The molecule has 146 valence electrons. The molecule has 3 aromatic heterocycles. The topological polar surface area (TPSA) is 67.9 Å². The molecule has 0 spiro atoms. The molecule has 4 heterocycles. The molecule has 0 amide bonds. The normalized spacial score (nSPS) is 19.6. The lowest BCUT2D eigenvalue weighted by Crippen LogP contribution is -2.46. The first-order valence-electron chi connectivity index (χ1n) is 9.94. The average molecular weight is 402 g/mol. The predicted octanol–water partition coefficient (Wildman–Crippen LogP) is 4.59. The zero-order chi connectivity index (χ0) is 19.8. The van der Waals surface area contributed by atoms with E-state index in [9.17, 15) is 0 Å². The monoisotopic (exact) mass is 401 g/mol. The van der Waals surface area contributed by atoms with Crippen molar-refractivity contribution in [1.29, 1.82) is 0 Å². The minimum atomic E-state index is 0.210. The summed E-state index contributed by atoms with van der Waals surface area (Å²) in [5.41, 5.74) is 11.4. The van der Waals surface area contributed by atoms with Gasteiger partial charge in [0.15, 0.2) is 0 Å². The van der Waals surface area contributed by atoms with E-state index in [0.717, 1.165) is 52.4 Å². The van der Waals surface area contributed by atoms with Crippen LogP contribution in [0.15, 0.2) is 60.2 Å². The number of nitrogens with zero attached hydrogens (tertiary/aromatic N) is 4. The van der Waals surface area contributed by atoms with Gasteiger partial charge in [-0.2, -0.15) is 0 Å². The second-order valence-corrected chi connectivity index (χ2v) is 8.71. The second kappa shape index (κ2) is 7.54. The summed E-state index contributed by atoms with van der Waals surface area (Å²) in [6, 6.07) is 14.8. The maximum absolute atomic E-state index is 6.31. The number of piperidine rings is 1. The molecule has 2 atom stereocenters. The molecule has 1 saturated heterocycles. The van der Waals surface area contributed by atoms with Crippen molar-refractivity contribution in [3.05, 3.63) is 60.2 Å². The summed E-state index contributed by atoms with van der Waals surface area (Å²) < 4.78 is 0. The molecule has 1 aromatic carbocycles. The number of benzene rings is 1. The fourth-order valence-electron chi connectivity index (χ4n) is 4.23. The van der Waals surface area contributed by atoms with Crippen molar-refractivity contribution < 1.29 is 0 Å². The Morgan fingerprint density at radius 3 is 2.76 bits per heavy atom. The number of rotatable bonds is 3. The summed E-state index contributed by atoms with van der Waals surface area (Å²) >= 11 is 1.60. The van der Waals surface area contributed by atoms with E-state index in [0.29, 0.717) is 5.92 Å². The molecule has 1 aliphatic heterocycles. The van der Waals surface area contributed by atoms with Crippen LogP contribution in [-0.4, -0.2) is 34.1 Å². The number of hydrogen-bond acceptors (Lipinski definition) is 6. The van der Waals surface area contributed by atoms with Crippen molar-refractivity contribution in [1.82, 2.24) is 15.0 Å². The minimum Gasteiger partial charge on any atom is -0.369 e. The Balaban J connectivity index is 1.58. The van der Waals surface area contributed by atoms with Crippen LogP contribution >= 0.6 is 11.3 Å². The Labute approximate surface area is 174 Å². The fourth-order valence-corrected chi connectivity index (χ4v) is 4.83. The summed E-state index contributed by atoms with van der Waals surface area (Å²) in [5.74, 6) is 0.585. The first kappa shape index (κ1) is 18.2. The van der Waals surface area contributed by atoms with Crippen LogP contribution < -0.4 is 10.6 Å². The number of aromatic nitrogens is 3. The number of fused-ring (bicyclic) bond motifs is 1. The van der Waals surface area contributed by atoms with E-state index in [4.69, 9.17) is 10.7 Å². The Hall–Kier alpha value is -2.83. The molecule has 0 saturated carbocycles. The lowest BCUT2D eigenvalue weighted by atomic mass is 9.95. The third-order valence-corrected chi connectivity index (χ3v) is 6.24. The van der Waals surface area contributed by atoms with Gasteiger partial charge in [-0.1, -0.05) is 19.1 Å². The van der Waals surface area contributed by atoms with Crippen molar-refractivity contribution >= 4 is 27.9 Å². The SMILES string of the molecule is C[C@@H]1C[C@H](N)CN(c2ccnc3ccc(-c4cccc(-c5nccs5)n4)cc23)C1. The lowest BCUT2D eigenvalue weighted by Gasteiger charge is -2.37. The highest BCUT2D eigenvalue weighted by Gasteiger charge is 2.23. The van der Waals surface area contributed by atoms with Gasteiger partial charge in [-0.15, -0.1) is 11.3 Å². The van der Waals surface area contributed by atoms with Crippen LogP contribution in [0.3, 0.4) is 0 Å². The van der Waals surface area contributed by atoms with Crippen LogP contribution in [0.2, 0.25) is 0 Å². The molecule has 0 bridgehead atoms. The number of anilines is 1. The van der Waals surface area contributed by atoms with Crippen molar-refractivity contribution in [2.45, 2.75) is 19.4 Å². The van der Waals surface area contributed by atoms with Crippen LogP contribution in [0.4, 0.5) is 5.69 Å². The van der Waals surface area contributed by atoms with Gasteiger partial charge in [-0.3, -0.25) is 4.98 Å². The third-order valence-electron chi connectivity index (χ3n) is 5.45. The highest BCUT2D eigenvalue weighted by Crippen LogP contribution is 2.32. The van der Waals surface area contributed by atoms with Crippen molar-refractivity contribution in [3.63, 3.8) is 0 Å². The lowest BCUT2D eigenvalue weighted by molar-refractivity contribution is 0.402. The highest BCUT2D eigenvalue weighted by atomic mass is 32.1.